The summed E-state index contributed by atoms with van der Waals surface area (Å²) >= 11 is 0. The predicted molar refractivity (Wildman–Crippen MR) is 88.8 cm³/mol. The van der Waals surface area contributed by atoms with Gasteiger partial charge in [-0.05, 0) is 31.6 Å². The Morgan fingerprint density at radius 3 is 2.39 bits per heavy atom. The zero-order valence-electron chi connectivity index (χ0n) is 15.0. The fraction of sp³-hybridized carbons (Fsp3) is 0.882. The van der Waals surface area contributed by atoms with Crippen molar-refractivity contribution in [2.75, 3.05) is 13.7 Å². The Balaban J connectivity index is 2.11. The normalized spacial score (nSPS) is 26.8. The summed E-state index contributed by atoms with van der Waals surface area (Å²) in [5.41, 5.74) is 4.99. The van der Waals surface area contributed by atoms with Crippen LogP contribution in [-0.4, -0.2) is 48.7 Å². The number of primary amides is 1. The van der Waals surface area contributed by atoms with Gasteiger partial charge in [0.25, 0.3) is 0 Å². The lowest BCUT2D eigenvalue weighted by Crippen LogP contribution is -2.69. The van der Waals surface area contributed by atoms with Crippen LogP contribution in [-0.2, 0) is 9.53 Å². The number of urea groups is 1. The Labute approximate surface area is 139 Å². The van der Waals surface area contributed by atoms with Crippen LogP contribution in [0.3, 0.4) is 0 Å². The number of hydrogen-bond acceptors (Lipinski definition) is 3. The van der Waals surface area contributed by atoms with Crippen LogP contribution in [0.15, 0.2) is 0 Å². The first-order chi connectivity index (χ1) is 10.6. The summed E-state index contributed by atoms with van der Waals surface area (Å²) in [7, 11) is 1.84. The average Bonchev–Trinajstić information content (AvgIpc) is 2.35. The molecule has 0 aliphatic heterocycles. The first-order valence-corrected chi connectivity index (χ1v) is 8.57. The van der Waals surface area contributed by atoms with Crippen molar-refractivity contribution < 1.29 is 14.3 Å². The molecule has 0 aromatic carbocycles. The van der Waals surface area contributed by atoms with Gasteiger partial charge in [0.15, 0.2) is 0 Å². The van der Waals surface area contributed by atoms with Crippen molar-refractivity contribution in [2.45, 2.75) is 71.6 Å². The Kier molecular flexibility index (Phi) is 4.95. The highest BCUT2D eigenvalue weighted by molar-refractivity contribution is 5.87. The summed E-state index contributed by atoms with van der Waals surface area (Å²) in [6, 6.07) is -1.08. The molecule has 0 heterocycles. The first-order valence-electron chi connectivity index (χ1n) is 8.57. The average molecular weight is 325 g/mol. The van der Waals surface area contributed by atoms with E-state index in [1.54, 1.807) is 0 Å². The second-order valence-electron chi connectivity index (χ2n) is 8.04. The van der Waals surface area contributed by atoms with Crippen molar-refractivity contribution in [3.05, 3.63) is 0 Å². The number of rotatable bonds is 5. The monoisotopic (exact) mass is 325 g/mol. The van der Waals surface area contributed by atoms with Crippen molar-refractivity contribution in [1.82, 2.24) is 10.2 Å². The number of likely N-dealkylation sites (N-methyl/N-ethyl adjacent to an activating group) is 1. The molecule has 2 rings (SSSR count). The van der Waals surface area contributed by atoms with Crippen LogP contribution in [0, 0.1) is 10.8 Å². The summed E-state index contributed by atoms with van der Waals surface area (Å²) in [6.45, 7) is 8.53. The van der Waals surface area contributed by atoms with Gasteiger partial charge < -0.3 is 20.7 Å². The van der Waals surface area contributed by atoms with Gasteiger partial charge in [-0.2, -0.15) is 0 Å². The van der Waals surface area contributed by atoms with E-state index in [0.29, 0.717) is 6.61 Å². The fourth-order valence-corrected chi connectivity index (χ4v) is 4.09. The Bertz CT molecular complexity index is 468. The summed E-state index contributed by atoms with van der Waals surface area (Å²) in [5.74, 6) is -0.0671. The van der Waals surface area contributed by atoms with E-state index in [-0.39, 0.29) is 23.5 Å². The van der Waals surface area contributed by atoms with Gasteiger partial charge in [-0.3, -0.25) is 4.79 Å². The zero-order valence-corrected chi connectivity index (χ0v) is 15.0. The molecule has 6 nitrogen and oxygen atoms in total. The molecule has 6 heteroatoms. The molecule has 2 aliphatic carbocycles. The molecule has 1 spiro atoms. The minimum Gasteiger partial charge on any atom is -0.378 e. The molecule has 3 N–H and O–H groups in total. The Morgan fingerprint density at radius 2 is 2.00 bits per heavy atom. The number of ether oxygens (including phenoxy) is 1. The van der Waals surface area contributed by atoms with E-state index in [4.69, 9.17) is 10.5 Å². The number of nitrogens with two attached hydrogens (primary N) is 1. The van der Waals surface area contributed by atoms with Gasteiger partial charge in [0, 0.05) is 25.1 Å². The van der Waals surface area contributed by atoms with Crippen LogP contribution < -0.4 is 11.1 Å². The maximum atomic E-state index is 13.0. The SMILES string of the molecule is CCO[C@@H]1C[C@H](N(C)C(=O)[C@@H](NC(N)=O)C(C)(C)C)C12CCC2. The Morgan fingerprint density at radius 1 is 1.39 bits per heavy atom. The fourth-order valence-electron chi connectivity index (χ4n) is 4.09. The molecule has 0 aromatic heterocycles. The van der Waals surface area contributed by atoms with E-state index in [1.807, 2.05) is 39.6 Å². The second-order valence-corrected chi connectivity index (χ2v) is 8.04. The van der Waals surface area contributed by atoms with E-state index in [1.165, 1.54) is 6.42 Å². The third kappa shape index (κ3) is 3.18. The predicted octanol–water partition coefficient (Wildman–Crippen LogP) is 1.88. The molecule has 3 amide bonds. The smallest absolute Gasteiger partial charge is 0.312 e. The minimum absolute atomic E-state index is 0.0671. The maximum Gasteiger partial charge on any atom is 0.312 e. The molecular formula is C17H31N3O3. The topological polar surface area (TPSA) is 84.7 Å². The highest BCUT2D eigenvalue weighted by Crippen LogP contribution is 2.59. The summed E-state index contributed by atoms with van der Waals surface area (Å²) < 4.78 is 5.86. The molecule has 0 unspecified atom stereocenters. The molecule has 0 aromatic rings. The number of carbonyl (C=O) groups excluding carboxylic acids is 2. The van der Waals surface area contributed by atoms with Crippen LogP contribution in [0.2, 0.25) is 0 Å². The largest absolute Gasteiger partial charge is 0.378 e. The molecule has 2 fully saturated rings. The molecular weight excluding hydrogens is 294 g/mol. The number of amides is 3. The number of nitrogens with zero attached hydrogens (tertiary/aromatic N) is 1. The van der Waals surface area contributed by atoms with Gasteiger partial charge in [-0.1, -0.05) is 27.2 Å². The highest BCUT2D eigenvalue weighted by Gasteiger charge is 2.61. The van der Waals surface area contributed by atoms with E-state index in [9.17, 15) is 9.59 Å². The molecule has 132 valence electrons. The first kappa shape index (κ1) is 18.0. The third-order valence-electron chi connectivity index (χ3n) is 5.61. The molecule has 2 aliphatic rings. The van der Waals surface area contributed by atoms with Gasteiger partial charge in [-0.15, -0.1) is 0 Å². The van der Waals surface area contributed by atoms with Crippen LogP contribution in [0.1, 0.15) is 53.4 Å². The molecule has 0 radical (unpaired) electrons. The third-order valence-corrected chi connectivity index (χ3v) is 5.61. The molecule has 2 saturated carbocycles. The summed E-state index contributed by atoms with van der Waals surface area (Å²) in [4.78, 5) is 26.1. The van der Waals surface area contributed by atoms with Gasteiger partial charge in [0.2, 0.25) is 5.91 Å². The number of nitrogens with one attached hydrogen (secondary N) is 1. The van der Waals surface area contributed by atoms with Gasteiger partial charge in [-0.25, -0.2) is 4.79 Å². The van der Waals surface area contributed by atoms with Crippen molar-refractivity contribution in [3.63, 3.8) is 0 Å². The zero-order chi connectivity index (χ0) is 17.4. The van der Waals surface area contributed by atoms with Crippen LogP contribution >= 0.6 is 0 Å². The molecule has 0 saturated heterocycles. The van der Waals surface area contributed by atoms with Gasteiger partial charge in [0.1, 0.15) is 6.04 Å². The lowest BCUT2D eigenvalue weighted by Gasteiger charge is -2.63. The quantitative estimate of drug-likeness (QED) is 0.809. The highest BCUT2D eigenvalue weighted by atomic mass is 16.5. The standard InChI is InChI=1S/C17H31N3O3/c1-6-23-12-10-11(17(12)8-7-9-17)20(5)14(21)13(16(2,3)4)19-15(18)22/h11-13H,6-10H2,1-5H3,(H3,18,19,22)/t11-,12+,13+/m0/s1. The van der Waals surface area contributed by atoms with Crippen molar-refractivity contribution in [3.8, 4) is 0 Å². The number of carbonyl (C=O) groups is 2. The van der Waals surface area contributed by atoms with Crippen LogP contribution in [0.5, 0.6) is 0 Å². The van der Waals surface area contributed by atoms with Gasteiger partial charge in [0.05, 0.1) is 6.10 Å². The lowest BCUT2D eigenvalue weighted by molar-refractivity contribution is -0.203. The van der Waals surface area contributed by atoms with E-state index in [2.05, 4.69) is 5.32 Å². The summed E-state index contributed by atoms with van der Waals surface area (Å²) in [6.07, 6.45) is 4.57. The summed E-state index contributed by atoms with van der Waals surface area (Å²) in [5, 5.41) is 2.62. The van der Waals surface area contributed by atoms with Crippen molar-refractivity contribution >= 4 is 11.9 Å². The van der Waals surface area contributed by atoms with Crippen LogP contribution in [0.4, 0.5) is 4.79 Å². The number of hydrogen-bond donors (Lipinski definition) is 2. The van der Waals surface area contributed by atoms with Gasteiger partial charge >= 0.3 is 6.03 Å². The van der Waals surface area contributed by atoms with Crippen molar-refractivity contribution in [1.29, 1.82) is 0 Å². The second kappa shape index (κ2) is 6.30. The van der Waals surface area contributed by atoms with Crippen LogP contribution in [0.25, 0.3) is 0 Å². The lowest BCUT2D eigenvalue weighted by atomic mass is 9.50. The van der Waals surface area contributed by atoms with E-state index >= 15 is 0 Å². The van der Waals surface area contributed by atoms with Crippen molar-refractivity contribution in [2.24, 2.45) is 16.6 Å². The van der Waals surface area contributed by atoms with E-state index in [0.717, 1.165) is 19.3 Å². The molecule has 0 bridgehead atoms. The maximum absolute atomic E-state index is 13.0. The minimum atomic E-state index is -0.661. The Hall–Kier alpha value is -1.30. The molecule has 3 atom stereocenters. The van der Waals surface area contributed by atoms with E-state index < -0.39 is 17.5 Å². The molecule has 23 heavy (non-hydrogen) atoms.